The number of carbonyl (C=O) groups excluding carboxylic acids is 1. The third-order valence-electron chi connectivity index (χ3n) is 2.65. The standard InChI is InChI=1S/C10H19NO4S/c12-10(15-7-4-8-16(13)14)11-9-5-2-1-3-6-9/h9,16H,1-8H2,(H,11,12). The summed E-state index contributed by atoms with van der Waals surface area (Å²) in [6.07, 6.45) is 5.53. The first-order chi connectivity index (χ1) is 7.68. The third kappa shape index (κ3) is 5.95. The monoisotopic (exact) mass is 249 g/mol. The van der Waals surface area contributed by atoms with E-state index in [4.69, 9.17) is 4.74 Å². The van der Waals surface area contributed by atoms with Gasteiger partial charge in [0.25, 0.3) is 0 Å². The van der Waals surface area contributed by atoms with E-state index in [0.717, 1.165) is 25.7 Å². The second-order valence-corrected chi connectivity index (χ2v) is 5.14. The van der Waals surface area contributed by atoms with E-state index in [0.29, 0.717) is 6.42 Å². The molecule has 1 fully saturated rings. The minimum absolute atomic E-state index is 0.0754. The summed E-state index contributed by atoms with van der Waals surface area (Å²) in [7, 11) is -2.36. The smallest absolute Gasteiger partial charge is 0.407 e. The molecule has 0 spiro atoms. The predicted octanol–water partition coefficient (Wildman–Crippen LogP) is 1.05. The fraction of sp³-hybridized carbons (Fsp3) is 0.900. The van der Waals surface area contributed by atoms with Gasteiger partial charge >= 0.3 is 6.09 Å². The molecule has 0 aromatic rings. The van der Waals surface area contributed by atoms with Crippen LogP contribution >= 0.6 is 0 Å². The number of hydrogen-bond donors (Lipinski definition) is 2. The van der Waals surface area contributed by atoms with Crippen LogP contribution in [0, 0.1) is 0 Å². The Balaban J connectivity index is 2.05. The molecule has 0 bridgehead atoms. The van der Waals surface area contributed by atoms with E-state index in [9.17, 15) is 13.2 Å². The molecule has 0 heterocycles. The average Bonchev–Trinajstić information content (AvgIpc) is 2.25. The number of ether oxygens (including phenoxy) is 1. The van der Waals surface area contributed by atoms with E-state index in [1.165, 1.54) is 6.42 Å². The van der Waals surface area contributed by atoms with Gasteiger partial charge in [0.15, 0.2) is 0 Å². The molecule has 1 amide bonds. The van der Waals surface area contributed by atoms with Gasteiger partial charge in [-0.15, -0.1) is 0 Å². The van der Waals surface area contributed by atoms with E-state index in [-0.39, 0.29) is 18.4 Å². The summed E-state index contributed by atoms with van der Waals surface area (Å²) in [5, 5.41) is 2.79. The first-order valence-electron chi connectivity index (χ1n) is 5.73. The van der Waals surface area contributed by atoms with Gasteiger partial charge in [0.1, 0.15) is 10.7 Å². The Kier molecular flexibility index (Phi) is 6.22. The zero-order valence-electron chi connectivity index (χ0n) is 9.31. The minimum Gasteiger partial charge on any atom is -0.450 e. The highest BCUT2D eigenvalue weighted by molar-refractivity contribution is 7.72. The van der Waals surface area contributed by atoms with Gasteiger partial charge in [-0.25, -0.2) is 13.2 Å². The summed E-state index contributed by atoms with van der Waals surface area (Å²) in [5.74, 6) is 0.0754. The highest BCUT2D eigenvalue weighted by Gasteiger charge is 2.15. The van der Waals surface area contributed by atoms with Crippen molar-refractivity contribution in [1.29, 1.82) is 0 Å². The second kappa shape index (κ2) is 7.49. The number of alkyl carbamates (subject to hydrolysis) is 1. The molecule has 0 saturated heterocycles. The molecule has 6 heteroatoms. The number of nitrogens with one attached hydrogen (secondary N) is 1. The van der Waals surface area contributed by atoms with Crippen molar-refractivity contribution in [2.45, 2.75) is 44.6 Å². The Morgan fingerprint density at radius 2 is 1.94 bits per heavy atom. The van der Waals surface area contributed by atoms with Gasteiger partial charge in [0.2, 0.25) is 0 Å². The lowest BCUT2D eigenvalue weighted by Gasteiger charge is -2.22. The van der Waals surface area contributed by atoms with Crippen molar-refractivity contribution in [2.24, 2.45) is 0 Å². The summed E-state index contributed by atoms with van der Waals surface area (Å²) < 4.78 is 25.4. The molecule has 1 rings (SSSR count). The Bertz CT molecular complexity index is 277. The van der Waals surface area contributed by atoms with E-state index >= 15 is 0 Å². The molecule has 5 nitrogen and oxygen atoms in total. The maximum Gasteiger partial charge on any atom is 0.407 e. The Morgan fingerprint density at radius 3 is 2.56 bits per heavy atom. The van der Waals surface area contributed by atoms with Crippen LogP contribution in [0.4, 0.5) is 4.79 Å². The minimum atomic E-state index is -2.36. The van der Waals surface area contributed by atoms with E-state index in [2.05, 4.69) is 5.32 Å². The summed E-state index contributed by atoms with van der Waals surface area (Å²) in [5.41, 5.74) is 0. The van der Waals surface area contributed by atoms with Crippen LogP contribution in [0.2, 0.25) is 0 Å². The number of thiol groups is 1. The molecular weight excluding hydrogens is 230 g/mol. The van der Waals surface area contributed by atoms with Crippen LogP contribution in [-0.2, 0) is 15.4 Å². The molecule has 1 saturated carbocycles. The van der Waals surface area contributed by atoms with E-state index < -0.39 is 16.8 Å². The van der Waals surface area contributed by atoms with E-state index in [1.54, 1.807) is 0 Å². The Morgan fingerprint density at radius 1 is 1.25 bits per heavy atom. The Labute approximate surface area is 97.5 Å². The van der Waals surface area contributed by atoms with Gasteiger partial charge in [-0.1, -0.05) is 19.3 Å². The lowest BCUT2D eigenvalue weighted by atomic mass is 9.96. The summed E-state index contributed by atoms with van der Waals surface area (Å²) in [6.45, 7) is 0.169. The van der Waals surface area contributed by atoms with E-state index in [1.807, 2.05) is 0 Å². The Hall–Kier alpha value is -0.780. The van der Waals surface area contributed by atoms with Crippen LogP contribution in [0.25, 0.3) is 0 Å². The van der Waals surface area contributed by atoms with Crippen molar-refractivity contribution in [2.75, 3.05) is 12.4 Å². The van der Waals surface area contributed by atoms with Crippen LogP contribution in [0.15, 0.2) is 0 Å². The fourth-order valence-corrected chi connectivity index (χ4v) is 2.20. The molecule has 16 heavy (non-hydrogen) atoms. The van der Waals surface area contributed by atoms with Crippen molar-refractivity contribution in [3.05, 3.63) is 0 Å². The van der Waals surface area contributed by atoms with Crippen molar-refractivity contribution >= 4 is 16.8 Å². The molecule has 1 aliphatic carbocycles. The van der Waals surface area contributed by atoms with Crippen LogP contribution in [0.5, 0.6) is 0 Å². The highest BCUT2D eigenvalue weighted by atomic mass is 32.2. The number of hydrogen-bond acceptors (Lipinski definition) is 4. The molecule has 1 aliphatic rings. The zero-order valence-corrected chi connectivity index (χ0v) is 10.2. The molecular formula is C10H19NO4S. The normalized spacial score (nSPS) is 17.3. The van der Waals surface area contributed by atoms with Gasteiger partial charge < -0.3 is 10.1 Å². The predicted molar refractivity (Wildman–Crippen MR) is 61.2 cm³/mol. The zero-order chi connectivity index (χ0) is 11.8. The third-order valence-corrected chi connectivity index (χ3v) is 3.33. The van der Waals surface area contributed by atoms with Crippen LogP contribution in [0.3, 0.4) is 0 Å². The summed E-state index contributed by atoms with van der Waals surface area (Å²) in [6, 6.07) is 0.234. The van der Waals surface area contributed by atoms with Crippen LogP contribution in [0.1, 0.15) is 38.5 Å². The topological polar surface area (TPSA) is 72.5 Å². The summed E-state index contributed by atoms with van der Waals surface area (Å²) in [4.78, 5) is 11.3. The first-order valence-corrected chi connectivity index (χ1v) is 7.10. The SMILES string of the molecule is O=C(NC1CCCCC1)OCCC[SH](=O)=O. The van der Waals surface area contributed by atoms with Crippen molar-refractivity contribution in [3.8, 4) is 0 Å². The average molecular weight is 249 g/mol. The molecule has 0 aromatic heterocycles. The first kappa shape index (κ1) is 13.3. The molecule has 0 aliphatic heterocycles. The van der Waals surface area contributed by atoms with Gasteiger partial charge in [0.05, 0.1) is 12.4 Å². The van der Waals surface area contributed by atoms with Crippen LogP contribution in [-0.4, -0.2) is 32.9 Å². The maximum absolute atomic E-state index is 11.3. The van der Waals surface area contributed by atoms with Gasteiger partial charge in [-0.05, 0) is 19.3 Å². The molecule has 0 atom stereocenters. The lowest BCUT2D eigenvalue weighted by molar-refractivity contribution is 0.139. The van der Waals surface area contributed by atoms with Gasteiger partial charge in [0, 0.05) is 6.04 Å². The molecule has 0 aromatic carbocycles. The molecule has 1 N–H and O–H groups in total. The molecule has 0 unspecified atom stereocenters. The van der Waals surface area contributed by atoms with Crippen molar-refractivity contribution < 1.29 is 17.9 Å². The van der Waals surface area contributed by atoms with Crippen molar-refractivity contribution in [3.63, 3.8) is 0 Å². The summed E-state index contributed by atoms with van der Waals surface area (Å²) >= 11 is 0. The number of carbonyl (C=O) groups is 1. The van der Waals surface area contributed by atoms with Gasteiger partial charge in [-0.3, -0.25) is 0 Å². The number of rotatable bonds is 5. The van der Waals surface area contributed by atoms with Gasteiger partial charge in [-0.2, -0.15) is 0 Å². The fourth-order valence-electron chi connectivity index (χ4n) is 1.81. The highest BCUT2D eigenvalue weighted by Crippen LogP contribution is 2.17. The van der Waals surface area contributed by atoms with Crippen molar-refractivity contribution in [1.82, 2.24) is 5.32 Å². The van der Waals surface area contributed by atoms with Crippen LogP contribution < -0.4 is 5.32 Å². The maximum atomic E-state index is 11.3. The lowest BCUT2D eigenvalue weighted by Crippen LogP contribution is -2.36. The quantitative estimate of drug-likeness (QED) is 0.564. The molecule has 94 valence electrons. The molecule has 0 radical (unpaired) electrons. The number of amides is 1. The largest absolute Gasteiger partial charge is 0.450 e. The second-order valence-electron chi connectivity index (χ2n) is 4.03.